The van der Waals surface area contributed by atoms with E-state index in [2.05, 4.69) is 5.32 Å². The standard InChI is InChI=1S/C39H42N2O9/c1-41(32(36(44)40-16-17-42)21-26-9-3-2-4-10-26)37(45)30-22-33(48-38(46)31-14-8-7-11-27(31)15-19-47-20-18-43)35-34(23-30)49-39(50-35)24-28-12-5-6-13-29(28)25-39/h2-15,19,23,32-35,42-43H,16-18,20-22,24-25H2,1H3,(H,40,44). The van der Waals surface area contributed by atoms with E-state index in [-0.39, 0.29) is 44.8 Å². The first kappa shape index (κ1) is 35.0. The number of hydrogen-bond acceptors (Lipinski definition) is 9. The van der Waals surface area contributed by atoms with Crippen molar-refractivity contribution < 1.29 is 43.5 Å². The molecule has 11 nitrogen and oxygen atoms in total. The van der Waals surface area contributed by atoms with E-state index in [0.717, 1.165) is 16.7 Å². The zero-order chi connectivity index (χ0) is 35.1. The number of nitrogens with zero attached hydrogens (tertiary/aromatic N) is 1. The summed E-state index contributed by atoms with van der Waals surface area (Å²) in [4.78, 5) is 42.8. The Labute approximate surface area is 291 Å². The number of esters is 1. The molecule has 0 aromatic heterocycles. The number of benzene rings is 3. The molecule has 4 atom stereocenters. The van der Waals surface area contributed by atoms with E-state index in [0.29, 0.717) is 24.0 Å². The Balaban J connectivity index is 1.28. The average molecular weight is 683 g/mol. The molecule has 50 heavy (non-hydrogen) atoms. The lowest BCUT2D eigenvalue weighted by Crippen LogP contribution is -2.51. The molecular formula is C39H42N2O9. The van der Waals surface area contributed by atoms with Gasteiger partial charge in [0.1, 0.15) is 31.0 Å². The van der Waals surface area contributed by atoms with Crippen LogP contribution in [0.15, 0.2) is 96.8 Å². The normalized spacial score (nSPS) is 20.9. The second-order valence-electron chi connectivity index (χ2n) is 12.7. The molecule has 0 bridgehead atoms. The van der Waals surface area contributed by atoms with Gasteiger partial charge in [-0.1, -0.05) is 72.8 Å². The smallest absolute Gasteiger partial charge is 0.339 e. The van der Waals surface area contributed by atoms with E-state index >= 15 is 0 Å². The molecule has 2 amide bonds. The Bertz CT molecular complexity index is 1720. The number of ether oxygens (including phenoxy) is 4. The molecule has 1 fully saturated rings. The molecule has 1 heterocycles. The molecule has 2 aliphatic carbocycles. The van der Waals surface area contributed by atoms with E-state index in [1.165, 1.54) is 11.2 Å². The summed E-state index contributed by atoms with van der Waals surface area (Å²) < 4.78 is 24.7. The first-order valence-electron chi connectivity index (χ1n) is 16.8. The fourth-order valence-corrected chi connectivity index (χ4v) is 6.83. The number of nitrogens with one attached hydrogen (secondary N) is 1. The number of aliphatic hydroxyl groups excluding tert-OH is 2. The fourth-order valence-electron chi connectivity index (χ4n) is 6.83. The van der Waals surface area contributed by atoms with Crippen molar-refractivity contribution in [1.82, 2.24) is 10.2 Å². The van der Waals surface area contributed by atoms with Crippen molar-refractivity contribution in [3.8, 4) is 0 Å². The molecule has 0 saturated carbocycles. The minimum Gasteiger partial charge on any atom is -0.499 e. The number of aliphatic hydroxyl groups is 2. The SMILES string of the molecule is CN(C(=O)C1=CC2OC3(Cc4ccccc4C3)OC2C(OC(=O)c2ccccc2C=COCCO)C1)C(Cc1ccccc1)C(=O)NCCO. The Morgan fingerprint density at radius 1 is 0.960 bits per heavy atom. The van der Waals surface area contributed by atoms with Crippen LogP contribution in [-0.2, 0) is 47.8 Å². The van der Waals surface area contributed by atoms with Crippen molar-refractivity contribution in [2.45, 2.75) is 55.8 Å². The van der Waals surface area contributed by atoms with Crippen LogP contribution in [0.2, 0.25) is 0 Å². The van der Waals surface area contributed by atoms with E-state index in [1.54, 1.807) is 43.5 Å². The second kappa shape index (κ2) is 15.8. The lowest BCUT2D eigenvalue weighted by Gasteiger charge is -2.33. The summed E-state index contributed by atoms with van der Waals surface area (Å²) in [5, 5.41) is 21.1. The van der Waals surface area contributed by atoms with Crippen molar-refractivity contribution in [3.63, 3.8) is 0 Å². The van der Waals surface area contributed by atoms with Crippen LogP contribution in [0.25, 0.3) is 6.08 Å². The van der Waals surface area contributed by atoms with Crippen LogP contribution in [0, 0.1) is 0 Å². The van der Waals surface area contributed by atoms with Gasteiger partial charge in [0.2, 0.25) is 11.8 Å². The van der Waals surface area contributed by atoms with Gasteiger partial charge in [-0.3, -0.25) is 9.59 Å². The predicted molar refractivity (Wildman–Crippen MR) is 184 cm³/mol. The number of hydrogen-bond donors (Lipinski definition) is 3. The maximum atomic E-state index is 14.3. The van der Waals surface area contributed by atoms with Gasteiger partial charge in [0.05, 0.1) is 25.0 Å². The maximum Gasteiger partial charge on any atom is 0.339 e. The summed E-state index contributed by atoms with van der Waals surface area (Å²) >= 11 is 0. The third-order valence-electron chi connectivity index (χ3n) is 9.26. The van der Waals surface area contributed by atoms with Gasteiger partial charge in [-0.05, 0) is 40.5 Å². The predicted octanol–water partition coefficient (Wildman–Crippen LogP) is 2.98. The van der Waals surface area contributed by atoms with Crippen molar-refractivity contribution in [2.75, 3.05) is 33.4 Å². The van der Waals surface area contributed by atoms with E-state index in [9.17, 15) is 19.5 Å². The van der Waals surface area contributed by atoms with Crippen LogP contribution in [-0.4, -0.2) is 96.5 Å². The zero-order valence-electron chi connectivity index (χ0n) is 27.9. The molecule has 1 saturated heterocycles. The molecular weight excluding hydrogens is 640 g/mol. The third kappa shape index (κ3) is 7.81. The highest BCUT2D eigenvalue weighted by Gasteiger charge is 2.55. The first-order chi connectivity index (χ1) is 24.3. The van der Waals surface area contributed by atoms with Crippen molar-refractivity contribution in [1.29, 1.82) is 0 Å². The highest BCUT2D eigenvalue weighted by molar-refractivity contribution is 5.98. The molecule has 6 rings (SSSR count). The molecule has 262 valence electrons. The molecule has 11 heteroatoms. The molecule has 3 N–H and O–H groups in total. The summed E-state index contributed by atoms with van der Waals surface area (Å²) in [5.41, 5.74) is 4.27. The molecule has 3 aliphatic rings. The summed E-state index contributed by atoms with van der Waals surface area (Å²) in [6.07, 6.45) is 3.83. The fraction of sp³-hybridized carbons (Fsp3) is 0.359. The van der Waals surface area contributed by atoms with Crippen LogP contribution in [0.1, 0.15) is 39.0 Å². The topological polar surface area (TPSA) is 144 Å². The first-order valence-corrected chi connectivity index (χ1v) is 16.8. The van der Waals surface area contributed by atoms with Gasteiger partial charge in [0.15, 0.2) is 5.79 Å². The van der Waals surface area contributed by atoms with Crippen LogP contribution in [0.3, 0.4) is 0 Å². The Hall–Kier alpha value is -4.81. The average Bonchev–Trinajstić information content (AvgIpc) is 3.69. The van der Waals surface area contributed by atoms with Crippen LogP contribution in [0.5, 0.6) is 0 Å². The quantitative estimate of drug-likeness (QED) is 0.141. The lowest BCUT2D eigenvalue weighted by molar-refractivity contribution is -0.172. The lowest BCUT2D eigenvalue weighted by atomic mass is 9.90. The molecule has 1 spiro atoms. The van der Waals surface area contributed by atoms with Gasteiger partial charge in [0.25, 0.3) is 0 Å². The molecule has 3 aromatic carbocycles. The molecule has 3 aromatic rings. The number of likely N-dealkylation sites (N-methyl/N-ethyl adjacent to an activating group) is 1. The van der Waals surface area contributed by atoms with Crippen molar-refractivity contribution in [2.24, 2.45) is 0 Å². The number of carbonyl (C=O) groups excluding carboxylic acids is 3. The van der Waals surface area contributed by atoms with Crippen LogP contribution < -0.4 is 5.32 Å². The Morgan fingerprint density at radius 2 is 1.66 bits per heavy atom. The maximum absolute atomic E-state index is 14.3. The molecule has 0 radical (unpaired) electrons. The monoisotopic (exact) mass is 682 g/mol. The van der Waals surface area contributed by atoms with Gasteiger partial charge < -0.3 is 39.4 Å². The van der Waals surface area contributed by atoms with Crippen molar-refractivity contribution >= 4 is 23.9 Å². The van der Waals surface area contributed by atoms with Gasteiger partial charge in [-0.25, -0.2) is 4.79 Å². The highest BCUT2D eigenvalue weighted by Crippen LogP contribution is 2.45. The zero-order valence-corrected chi connectivity index (χ0v) is 27.9. The van der Waals surface area contributed by atoms with Gasteiger partial charge >= 0.3 is 5.97 Å². The highest BCUT2D eigenvalue weighted by atomic mass is 16.8. The Morgan fingerprint density at radius 3 is 2.38 bits per heavy atom. The van der Waals surface area contributed by atoms with E-state index in [4.69, 9.17) is 24.1 Å². The number of carbonyl (C=O) groups is 3. The molecule has 4 unspecified atom stereocenters. The number of fused-ring (bicyclic) bond motifs is 2. The Kier molecular flexibility index (Phi) is 11.1. The van der Waals surface area contributed by atoms with Gasteiger partial charge in [0, 0.05) is 44.8 Å². The van der Waals surface area contributed by atoms with E-state index in [1.807, 2.05) is 54.6 Å². The number of rotatable bonds is 13. The largest absolute Gasteiger partial charge is 0.499 e. The third-order valence-corrected chi connectivity index (χ3v) is 9.26. The summed E-state index contributed by atoms with van der Waals surface area (Å²) in [6, 6.07) is 23.4. The summed E-state index contributed by atoms with van der Waals surface area (Å²) in [6.45, 7) is -0.210. The van der Waals surface area contributed by atoms with Crippen molar-refractivity contribution in [3.05, 3.63) is 125 Å². The molecule has 1 aliphatic heterocycles. The summed E-state index contributed by atoms with van der Waals surface area (Å²) in [5.74, 6) is -2.39. The summed E-state index contributed by atoms with van der Waals surface area (Å²) in [7, 11) is 1.57. The number of amides is 2. The van der Waals surface area contributed by atoms with Gasteiger partial charge in [-0.2, -0.15) is 0 Å². The minimum atomic E-state index is -0.977. The second-order valence-corrected chi connectivity index (χ2v) is 12.7. The van der Waals surface area contributed by atoms with E-state index < -0.39 is 47.9 Å². The van der Waals surface area contributed by atoms with Crippen LogP contribution >= 0.6 is 0 Å². The van der Waals surface area contributed by atoms with Gasteiger partial charge in [-0.15, -0.1) is 0 Å². The van der Waals surface area contributed by atoms with Crippen LogP contribution in [0.4, 0.5) is 0 Å². The minimum absolute atomic E-state index is 0.0381.